The maximum Gasteiger partial charge on any atom is 0.205 e. The summed E-state index contributed by atoms with van der Waals surface area (Å²) in [6, 6.07) is 23.3. The Kier molecular flexibility index (Phi) is 5.23. The summed E-state index contributed by atoms with van der Waals surface area (Å²) in [4.78, 5) is 12.2. The highest BCUT2D eigenvalue weighted by molar-refractivity contribution is 5.96. The van der Waals surface area contributed by atoms with Crippen LogP contribution in [-0.4, -0.2) is 24.0 Å². The van der Waals surface area contributed by atoms with Gasteiger partial charge in [0.15, 0.2) is 11.9 Å². The van der Waals surface area contributed by atoms with E-state index >= 15 is 0 Å². The van der Waals surface area contributed by atoms with Crippen molar-refractivity contribution in [2.45, 2.75) is 70.4 Å². The molecule has 5 aliphatic rings. The van der Waals surface area contributed by atoms with Crippen molar-refractivity contribution >= 4 is 10.8 Å². The number of hydrogen-bond acceptors (Lipinski definition) is 5. The molecule has 0 radical (unpaired) electrons. The van der Waals surface area contributed by atoms with Gasteiger partial charge in [0.2, 0.25) is 12.1 Å². The van der Waals surface area contributed by atoms with Crippen LogP contribution in [0.2, 0.25) is 0 Å². The average molecular weight is 487 g/mol. The first-order chi connectivity index (χ1) is 17.5. The van der Waals surface area contributed by atoms with Crippen molar-refractivity contribution in [3.63, 3.8) is 0 Å². The van der Waals surface area contributed by atoms with E-state index in [9.17, 15) is 0 Å². The van der Waals surface area contributed by atoms with E-state index in [1.54, 1.807) is 0 Å². The van der Waals surface area contributed by atoms with Crippen LogP contribution < -0.4 is 4.74 Å². The highest BCUT2D eigenvalue weighted by Gasteiger charge is 2.69. The van der Waals surface area contributed by atoms with E-state index in [2.05, 4.69) is 68.4 Å². The standard InChI is InChI=1S/C31H34O5/c1-19-11-16-27-20(2)28(33-29-31(27)26(19)17-18-30(3,34-29)35-36-31)32-23-14-12-22(13-15-23)25-10-6-8-21-7-4-5-9-24(21)25/h4-10,12-15,19-20,26-29H,11,16-18H2,1-3H3/t19-,20-,26+,27+,28?,29-,30-,31-/m1/s1. The van der Waals surface area contributed by atoms with E-state index in [1.807, 2.05) is 19.1 Å². The third kappa shape index (κ3) is 3.37. The molecule has 1 saturated carbocycles. The van der Waals surface area contributed by atoms with Crippen LogP contribution in [0, 0.1) is 23.7 Å². The fourth-order valence-electron chi connectivity index (χ4n) is 7.33. The van der Waals surface area contributed by atoms with Crippen molar-refractivity contribution in [3.05, 3.63) is 66.7 Å². The molecular weight excluding hydrogens is 452 g/mol. The molecule has 8 rings (SSSR count). The molecule has 4 aliphatic heterocycles. The van der Waals surface area contributed by atoms with Gasteiger partial charge in [0.05, 0.1) is 0 Å². The van der Waals surface area contributed by atoms with Crippen LogP contribution in [-0.2, 0) is 19.2 Å². The van der Waals surface area contributed by atoms with Gasteiger partial charge in [-0.1, -0.05) is 68.4 Å². The Morgan fingerprint density at radius 3 is 2.50 bits per heavy atom. The summed E-state index contributed by atoms with van der Waals surface area (Å²) in [5.74, 6) is 1.32. The van der Waals surface area contributed by atoms with Gasteiger partial charge >= 0.3 is 0 Å². The fraction of sp³-hybridized carbons (Fsp3) is 0.484. The van der Waals surface area contributed by atoms with E-state index in [0.717, 1.165) is 25.0 Å². The first-order valence-electron chi connectivity index (χ1n) is 13.4. The Morgan fingerprint density at radius 1 is 0.833 bits per heavy atom. The van der Waals surface area contributed by atoms with Crippen molar-refractivity contribution in [2.75, 3.05) is 0 Å². The lowest BCUT2D eigenvalue weighted by molar-refractivity contribution is -0.575. The van der Waals surface area contributed by atoms with Gasteiger partial charge in [0.1, 0.15) is 5.75 Å². The zero-order valence-electron chi connectivity index (χ0n) is 21.2. The highest BCUT2D eigenvalue weighted by Crippen LogP contribution is 2.60. The molecule has 0 amide bonds. The van der Waals surface area contributed by atoms with Crippen LogP contribution in [0.5, 0.6) is 5.75 Å². The SMILES string of the molecule is C[C@@H]1CC[C@H]2[C@@H](C)C(Oc3ccc(-c4cccc5ccccc45)cc3)O[C@@H]3O[C@@]4(C)CC[C@@H]1[C@]32OO4. The molecule has 5 fully saturated rings. The van der Waals surface area contributed by atoms with Crippen molar-refractivity contribution < 1.29 is 24.0 Å². The van der Waals surface area contributed by atoms with Crippen LogP contribution in [0.3, 0.4) is 0 Å². The van der Waals surface area contributed by atoms with Crippen molar-refractivity contribution in [1.29, 1.82) is 0 Å². The average Bonchev–Trinajstić information content (AvgIpc) is 3.13. The molecule has 5 heteroatoms. The molecule has 5 nitrogen and oxygen atoms in total. The summed E-state index contributed by atoms with van der Waals surface area (Å²) in [6.07, 6.45) is 3.18. The van der Waals surface area contributed by atoms with Crippen molar-refractivity contribution in [3.8, 4) is 16.9 Å². The summed E-state index contributed by atoms with van der Waals surface area (Å²) in [7, 11) is 0. The fourth-order valence-corrected chi connectivity index (χ4v) is 7.33. The van der Waals surface area contributed by atoms with Gasteiger partial charge in [-0.3, -0.25) is 0 Å². The van der Waals surface area contributed by atoms with Crippen molar-refractivity contribution in [1.82, 2.24) is 0 Å². The third-order valence-electron chi connectivity index (χ3n) is 9.30. The zero-order chi connectivity index (χ0) is 24.5. The number of hydrogen-bond donors (Lipinski definition) is 0. The topological polar surface area (TPSA) is 46.2 Å². The molecule has 4 heterocycles. The Balaban J connectivity index is 1.16. The quantitative estimate of drug-likeness (QED) is 0.370. The normalized spacial score (nSPS) is 39.4. The molecule has 1 aliphatic carbocycles. The van der Waals surface area contributed by atoms with E-state index in [-0.39, 0.29) is 11.8 Å². The van der Waals surface area contributed by atoms with E-state index in [1.165, 1.54) is 28.3 Å². The minimum absolute atomic E-state index is 0.142. The highest BCUT2D eigenvalue weighted by atomic mass is 17.3. The molecule has 2 bridgehead atoms. The Morgan fingerprint density at radius 2 is 1.64 bits per heavy atom. The van der Waals surface area contributed by atoms with E-state index in [4.69, 9.17) is 24.0 Å². The van der Waals surface area contributed by atoms with Gasteiger partial charge in [-0.2, -0.15) is 0 Å². The summed E-state index contributed by atoms with van der Waals surface area (Å²) < 4.78 is 19.5. The van der Waals surface area contributed by atoms with Crippen LogP contribution in [0.15, 0.2) is 66.7 Å². The third-order valence-corrected chi connectivity index (χ3v) is 9.30. The zero-order valence-corrected chi connectivity index (χ0v) is 21.2. The van der Waals surface area contributed by atoms with E-state index in [0.29, 0.717) is 11.8 Å². The summed E-state index contributed by atoms with van der Waals surface area (Å²) in [5.41, 5.74) is 1.83. The lowest BCUT2D eigenvalue weighted by Crippen LogP contribution is -2.70. The minimum atomic E-state index is -0.775. The molecular formula is C31H34O5. The molecule has 3 aromatic rings. The van der Waals surface area contributed by atoms with Crippen LogP contribution >= 0.6 is 0 Å². The second-order valence-electron chi connectivity index (χ2n) is 11.4. The first-order valence-corrected chi connectivity index (χ1v) is 13.4. The lowest BCUT2D eigenvalue weighted by atomic mass is 9.58. The van der Waals surface area contributed by atoms with Gasteiger partial charge < -0.3 is 14.2 Å². The Bertz CT molecular complexity index is 1270. The second-order valence-corrected chi connectivity index (χ2v) is 11.4. The van der Waals surface area contributed by atoms with Gasteiger partial charge in [-0.15, -0.1) is 0 Å². The van der Waals surface area contributed by atoms with Crippen LogP contribution in [0.25, 0.3) is 21.9 Å². The molecule has 0 N–H and O–H groups in total. The van der Waals surface area contributed by atoms with Crippen LogP contribution in [0.1, 0.15) is 46.5 Å². The molecule has 1 spiro atoms. The number of ether oxygens (including phenoxy) is 3. The second kappa shape index (κ2) is 8.29. The minimum Gasteiger partial charge on any atom is -0.465 e. The van der Waals surface area contributed by atoms with Crippen molar-refractivity contribution in [2.24, 2.45) is 23.7 Å². The number of fused-ring (bicyclic) bond motifs is 3. The predicted molar refractivity (Wildman–Crippen MR) is 137 cm³/mol. The lowest BCUT2D eigenvalue weighted by Gasteiger charge is -2.60. The number of benzene rings is 3. The molecule has 188 valence electrons. The summed E-state index contributed by atoms with van der Waals surface area (Å²) in [6.45, 7) is 6.52. The Labute approximate surface area is 212 Å². The monoisotopic (exact) mass is 486 g/mol. The molecule has 8 atom stereocenters. The molecule has 0 aromatic heterocycles. The summed E-state index contributed by atoms with van der Waals surface area (Å²) in [5, 5.41) is 2.49. The van der Waals surface area contributed by atoms with Crippen LogP contribution in [0.4, 0.5) is 0 Å². The molecule has 1 unspecified atom stereocenters. The van der Waals surface area contributed by atoms with E-state index < -0.39 is 24.0 Å². The Hall–Kier alpha value is -2.44. The largest absolute Gasteiger partial charge is 0.465 e. The smallest absolute Gasteiger partial charge is 0.205 e. The molecule has 3 aromatic carbocycles. The maximum atomic E-state index is 6.58. The first kappa shape index (κ1) is 22.7. The van der Waals surface area contributed by atoms with Gasteiger partial charge in [0.25, 0.3) is 0 Å². The summed E-state index contributed by atoms with van der Waals surface area (Å²) >= 11 is 0. The van der Waals surface area contributed by atoms with Gasteiger partial charge in [0, 0.05) is 18.3 Å². The molecule has 36 heavy (non-hydrogen) atoms. The predicted octanol–water partition coefficient (Wildman–Crippen LogP) is 7.09. The molecule has 4 saturated heterocycles. The van der Waals surface area contributed by atoms with Gasteiger partial charge in [-0.05, 0) is 72.1 Å². The van der Waals surface area contributed by atoms with Gasteiger partial charge in [-0.25, -0.2) is 9.78 Å². The number of rotatable bonds is 3. The maximum absolute atomic E-state index is 6.58.